The summed E-state index contributed by atoms with van der Waals surface area (Å²) in [6.07, 6.45) is 1.90. The van der Waals surface area contributed by atoms with Crippen LogP contribution in [-0.2, 0) is 10.8 Å². The Bertz CT molecular complexity index is 3410. The van der Waals surface area contributed by atoms with Gasteiger partial charge in [-0.05, 0) is 151 Å². The Labute approximate surface area is 418 Å². The van der Waals surface area contributed by atoms with E-state index in [1.54, 1.807) is 0 Å². The summed E-state index contributed by atoms with van der Waals surface area (Å²) in [7, 11) is 0. The molecule has 0 aliphatic carbocycles. The topological polar surface area (TPSA) is 50.9 Å². The van der Waals surface area contributed by atoms with Gasteiger partial charge in [0.05, 0.1) is 28.0 Å². The van der Waals surface area contributed by atoms with Gasteiger partial charge in [0.15, 0.2) is 0 Å². The zero-order chi connectivity index (χ0) is 50.7. The van der Waals surface area contributed by atoms with Crippen molar-refractivity contribution in [2.45, 2.75) is 119 Å². The molecule has 0 unspecified atom stereocenters. The number of pyridine rings is 1. The van der Waals surface area contributed by atoms with Crippen LogP contribution in [0.1, 0.15) is 136 Å². The van der Waals surface area contributed by atoms with Crippen molar-refractivity contribution in [1.29, 1.82) is 0 Å². The maximum Gasteiger partial charge on any atom is 0.149 e. The van der Waals surface area contributed by atoms with Gasteiger partial charge in [0.1, 0.15) is 11.6 Å². The Morgan fingerprint density at radius 1 is 0.514 bits per heavy atom. The molecule has 4 nitrogen and oxygen atoms in total. The molecule has 0 radical (unpaired) electrons. The summed E-state index contributed by atoms with van der Waals surface area (Å²) in [5, 5.41) is 12.5. The van der Waals surface area contributed by atoms with Crippen molar-refractivity contribution in [2.24, 2.45) is 0 Å². The molecule has 0 saturated heterocycles. The number of aromatic hydroxyl groups is 1. The van der Waals surface area contributed by atoms with Crippen LogP contribution in [0.5, 0.6) is 5.75 Å². The Morgan fingerprint density at radius 2 is 1.17 bits per heavy atom. The summed E-state index contributed by atoms with van der Waals surface area (Å²) in [6.45, 7) is 28.3. The third kappa shape index (κ3) is 9.37. The van der Waals surface area contributed by atoms with Gasteiger partial charge < -0.3 is 5.11 Å². The molecule has 1 N–H and O–H groups in total. The number of hydrogen-bond acceptors (Lipinski definition) is 3. The lowest BCUT2D eigenvalue weighted by molar-refractivity contribution is 0.466. The highest BCUT2D eigenvalue weighted by atomic mass is 16.3. The highest BCUT2D eigenvalue weighted by molar-refractivity contribution is 5.98. The Morgan fingerprint density at radius 3 is 1.81 bits per heavy atom. The quantitative estimate of drug-likeness (QED) is 0.149. The number of aryl methyl sites for hydroxylation is 1. The smallest absolute Gasteiger partial charge is 0.149 e. The second-order valence-electron chi connectivity index (χ2n) is 22.2. The standard InChI is InChI=1S/C66H69N3O/c1-40(2)44-22-24-45(25-23-44)48-30-31-67-59(38-48)51-33-50(34-53(35-51)66(11,12)13)54-20-17-21-60-62(54)68-64(58-37-49(41(3)4)36-55(42(5)6)63(58)70)69(60)61-32-43(7)56(46-18-15-14-16-19-46)39-57(61)47-26-28-52(29-27-47)65(8,9)10/h14-42,70H,1-13H3/i40D. The van der Waals surface area contributed by atoms with E-state index in [0.717, 1.165) is 89.2 Å². The minimum atomic E-state index is -0.673. The molecule has 0 aliphatic rings. The van der Waals surface area contributed by atoms with E-state index in [2.05, 4.69) is 232 Å². The fourth-order valence-corrected chi connectivity index (χ4v) is 9.70. The van der Waals surface area contributed by atoms with Gasteiger partial charge in [0.25, 0.3) is 0 Å². The molecule has 0 spiro atoms. The summed E-state index contributed by atoms with van der Waals surface area (Å²) in [5.74, 6) is 0.593. The van der Waals surface area contributed by atoms with E-state index in [1.165, 1.54) is 16.7 Å². The highest BCUT2D eigenvalue weighted by Crippen LogP contribution is 2.46. The molecular formula is C66H69N3O. The third-order valence-electron chi connectivity index (χ3n) is 14.1. The number of aromatic nitrogens is 3. The van der Waals surface area contributed by atoms with Crippen molar-refractivity contribution < 1.29 is 6.48 Å². The lowest BCUT2D eigenvalue weighted by Gasteiger charge is -2.22. The molecule has 0 saturated carbocycles. The Hall–Kier alpha value is -7.04. The number of rotatable bonds is 10. The first-order valence-corrected chi connectivity index (χ1v) is 25.0. The number of phenols is 1. The lowest BCUT2D eigenvalue weighted by atomic mass is 9.83. The number of fused-ring (bicyclic) bond motifs is 1. The number of benzene rings is 7. The summed E-state index contributed by atoms with van der Waals surface area (Å²) >= 11 is 0. The lowest BCUT2D eigenvalue weighted by Crippen LogP contribution is -2.11. The van der Waals surface area contributed by atoms with Gasteiger partial charge in [-0.15, -0.1) is 0 Å². The van der Waals surface area contributed by atoms with Crippen LogP contribution >= 0.6 is 0 Å². The molecule has 354 valence electrons. The van der Waals surface area contributed by atoms with Crippen LogP contribution in [0.4, 0.5) is 0 Å². The second kappa shape index (κ2) is 18.7. The molecule has 0 atom stereocenters. The highest BCUT2D eigenvalue weighted by Gasteiger charge is 2.27. The molecular weight excluding hydrogens is 851 g/mol. The molecule has 0 aliphatic heterocycles. The average molecular weight is 921 g/mol. The summed E-state index contributed by atoms with van der Waals surface area (Å²) < 4.78 is 10.9. The maximum atomic E-state index is 12.5. The van der Waals surface area contributed by atoms with Crippen molar-refractivity contribution in [3.63, 3.8) is 0 Å². The normalized spacial score (nSPS) is 12.6. The van der Waals surface area contributed by atoms with Crippen molar-refractivity contribution in [1.82, 2.24) is 14.5 Å². The van der Waals surface area contributed by atoms with Gasteiger partial charge in [-0.2, -0.15) is 0 Å². The van der Waals surface area contributed by atoms with E-state index in [-0.39, 0.29) is 28.4 Å². The fourth-order valence-electron chi connectivity index (χ4n) is 9.70. The van der Waals surface area contributed by atoms with Crippen LogP contribution in [0.3, 0.4) is 0 Å². The minimum Gasteiger partial charge on any atom is -0.507 e. The molecule has 7 aromatic carbocycles. The second-order valence-corrected chi connectivity index (χ2v) is 22.2. The number of para-hydroxylation sites is 1. The molecule has 2 heterocycles. The first kappa shape index (κ1) is 46.7. The van der Waals surface area contributed by atoms with Gasteiger partial charge in [-0.1, -0.05) is 186 Å². The Kier molecular flexibility index (Phi) is 12.5. The molecule has 9 aromatic rings. The fraction of sp³-hybridized carbons (Fsp3) is 0.273. The van der Waals surface area contributed by atoms with Crippen LogP contribution in [0, 0.1) is 6.92 Å². The van der Waals surface area contributed by atoms with E-state index in [9.17, 15) is 5.11 Å². The summed E-state index contributed by atoms with van der Waals surface area (Å²) in [5.41, 5.74) is 20.6. The molecule has 2 aromatic heterocycles. The molecule has 4 heteroatoms. The van der Waals surface area contributed by atoms with Crippen LogP contribution in [0.25, 0.3) is 83.9 Å². The van der Waals surface area contributed by atoms with Crippen LogP contribution in [0.15, 0.2) is 158 Å². The number of nitrogens with zero attached hydrogens (tertiary/aromatic N) is 3. The minimum absolute atomic E-state index is 0.00326. The van der Waals surface area contributed by atoms with Gasteiger partial charge in [0.2, 0.25) is 0 Å². The largest absolute Gasteiger partial charge is 0.507 e. The van der Waals surface area contributed by atoms with Gasteiger partial charge >= 0.3 is 0 Å². The zero-order valence-corrected chi connectivity index (χ0v) is 43.5. The first-order valence-electron chi connectivity index (χ1n) is 25.5. The van der Waals surface area contributed by atoms with Gasteiger partial charge in [0, 0.05) is 24.3 Å². The molecule has 0 fully saturated rings. The average Bonchev–Trinajstić information content (AvgIpc) is 3.73. The van der Waals surface area contributed by atoms with E-state index in [4.69, 9.17) is 11.3 Å². The molecule has 0 amide bonds. The number of hydrogen-bond donors (Lipinski definition) is 1. The van der Waals surface area contributed by atoms with E-state index >= 15 is 0 Å². The maximum absolute atomic E-state index is 12.5. The summed E-state index contributed by atoms with van der Waals surface area (Å²) in [4.78, 5) is 10.7. The first-order chi connectivity index (χ1) is 33.6. The van der Waals surface area contributed by atoms with Crippen molar-refractivity contribution in [3.8, 4) is 78.6 Å². The number of imidazole rings is 1. The van der Waals surface area contributed by atoms with Crippen molar-refractivity contribution in [3.05, 3.63) is 191 Å². The monoisotopic (exact) mass is 921 g/mol. The third-order valence-corrected chi connectivity index (χ3v) is 14.1. The summed E-state index contributed by atoms with van der Waals surface area (Å²) in [6, 6.07) is 54.6. The predicted molar refractivity (Wildman–Crippen MR) is 298 cm³/mol. The van der Waals surface area contributed by atoms with Gasteiger partial charge in [-0.25, -0.2) is 4.98 Å². The molecule has 9 rings (SSSR count). The molecule has 0 bridgehead atoms. The molecule has 70 heavy (non-hydrogen) atoms. The van der Waals surface area contributed by atoms with E-state index in [1.807, 2.05) is 20.0 Å². The zero-order valence-electron chi connectivity index (χ0n) is 44.5. The van der Waals surface area contributed by atoms with Crippen molar-refractivity contribution in [2.75, 3.05) is 0 Å². The Balaban J connectivity index is 1.33. The van der Waals surface area contributed by atoms with Crippen LogP contribution in [0.2, 0.25) is 0 Å². The van der Waals surface area contributed by atoms with Crippen molar-refractivity contribution >= 4 is 11.0 Å². The van der Waals surface area contributed by atoms with E-state index < -0.39 is 5.89 Å². The van der Waals surface area contributed by atoms with Crippen LogP contribution in [-0.4, -0.2) is 19.6 Å². The van der Waals surface area contributed by atoms with E-state index in [0.29, 0.717) is 11.4 Å². The number of phenolic OH excluding ortho intramolecular Hbond substituents is 1. The predicted octanol–water partition coefficient (Wildman–Crippen LogP) is 18.4. The SMILES string of the molecule is [2H]C(C)(C)c1ccc(-c2ccnc(-c3cc(-c4cccc5c4nc(-c4cc(C(C)C)cc(C(C)C)c4O)n5-c4cc(C)c(-c5ccccc5)cc4-c4ccc(C(C)(C)C)cc4)cc(C(C)(C)C)c3)c2)cc1. The van der Waals surface area contributed by atoms with Gasteiger partial charge in [-0.3, -0.25) is 9.55 Å². The van der Waals surface area contributed by atoms with Crippen LogP contribution < -0.4 is 0 Å².